The second kappa shape index (κ2) is 4.84. The van der Waals surface area contributed by atoms with Crippen LogP contribution in [0.2, 0.25) is 0 Å². The average molecular weight is 237 g/mol. The molecule has 0 aromatic carbocycles. The molecule has 0 saturated carbocycles. The van der Waals surface area contributed by atoms with Gasteiger partial charge in [-0.1, -0.05) is 11.3 Å². The molecule has 0 aliphatic heterocycles. The Morgan fingerprint density at radius 1 is 1.62 bits per heavy atom. The average Bonchev–Trinajstić information content (AvgIpc) is 2.87. The van der Waals surface area contributed by atoms with E-state index < -0.39 is 0 Å². The van der Waals surface area contributed by atoms with Crippen LogP contribution in [0.15, 0.2) is 17.9 Å². The molecule has 2 rings (SSSR count). The smallest absolute Gasteiger partial charge is 0.226 e. The van der Waals surface area contributed by atoms with Gasteiger partial charge in [0, 0.05) is 19.7 Å². The monoisotopic (exact) mass is 237 g/mol. The first kappa shape index (κ1) is 10.7. The molecule has 0 unspecified atom stereocenters. The molecular weight excluding hydrogens is 226 g/mol. The minimum absolute atomic E-state index is 0.0550. The highest BCUT2D eigenvalue weighted by molar-refractivity contribution is 7.13. The third-order valence-electron chi connectivity index (χ3n) is 2.01. The van der Waals surface area contributed by atoms with Crippen molar-refractivity contribution in [3.8, 4) is 0 Å². The number of nitrogens with zero attached hydrogens (tertiary/aromatic N) is 4. The lowest BCUT2D eigenvalue weighted by molar-refractivity contribution is -0.116. The number of rotatable bonds is 4. The third kappa shape index (κ3) is 2.86. The third-order valence-corrected chi connectivity index (χ3v) is 2.61. The zero-order valence-electron chi connectivity index (χ0n) is 8.75. The van der Waals surface area contributed by atoms with Gasteiger partial charge in [-0.25, -0.2) is 0 Å². The van der Waals surface area contributed by atoms with Crippen LogP contribution in [0, 0.1) is 0 Å². The van der Waals surface area contributed by atoms with Gasteiger partial charge in [-0.2, -0.15) is 5.10 Å². The molecule has 0 fully saturated rings. The summed E-state index contributed by atoms with van der Waals surface area (Å²) in [6, 6.07) is 0. The van der Waals surface area contributed by atoms with Crippen LogP contribution >= 0.6 is 11.3 Å². The maximum absolute atomic E-state index is 11.5. The number of hydrogen-bond acceptors (Lipinski definition) is 5. The Hall–Kier alpha value is -1.76. The highest BCUT2D eigenvalue weighted by Gasteiger charge is 2.05. The van der Waals surface area contributed by atoms with Crippen molar-refractivity contribution < 1.29 is 4.79 Å². The van der Waals surface area contributed by atoms with Gasteiger partial charge in [0.05, 0.1) is 6.20 Å². The standard InChI is InChI=1S/C9H11N5OS/c1-14-5-7(4-11-14)2-3-8(15)12-9-13-10-6-16-9/h4-6H,2-3H2,1H3,(H,12,13,15). The van der Waals surface area contributed by atoms with Crippen molar-refractivity contribution in [1.29, 1.82) is 0 Å². The number of amides is 1. The van der Waals surface area contributed by atoms with Gasteiger partial charge in [0.1, 0.15) is 5.51 Å². The van der Waals surface area contributed by atoms with Crippen molar-refractivity contribution >= 4 is 22.4 Å². The molecule has 16 heavy (non-hydrogen) atoms. The summed E-state index contributed by atoms with van der Waals surface area (Å²) in [5.74, 6) is -0.0550. The molecule has 0 atom stereocenters. The van der Waals surface area contributed by atoms with Gasteiger partial charge in [-0.05, 0) is 12.0 Å². The van der Waals surface area contributed by atoms with Crippen LogP contribution in [0.25, 0.3) is 0 Å². The Balaban J connectivity index is 1.80. The van der Waals surface area contributed by atoms with Crippen molar-refractivity contribution in [2.24, 2.45) is 7.05 Å². The Bertz CT molecular complexity index is 464. The first-order valence-corrected chi connectivity index (χ1v) is 5.65. The highest BCUT2D eigenvalue weighted by Crippen LogP contribution is 2.09. The van der Waals surface area contributed by atoms with Gasteiger partial charge in [0.15, 0.2) is 0 Å². The lowest BCUT2D eigenvalue weighted by Crippen LogP contribution is -2.12. The fraction of sp³-hybridized carbons (Fsp3) is 0.333. The fourth-order valence-corrected chi connectivity index (χ4v) is 1.73. The molecule has 0 aliphatic rings. The second-order valence-corrected chi connectivity index (χ2v) is 4.15. The summed E-state index contributed by atoms with van der Waals surface area (Å²) in [5.41, 5.74) is 2.63. The minimum atomic E-state index is -0.0550. The zero-order chi connectivity index (χ0) is 11.4. The normalized spacial score (nSPS) is 10.3. The molecule has 84 valence electrons. The van der Waals surface area contributed by atoms with Gasteiger partial charge < -0.3 is 5.32 Å². The van der Waals surface area contributed by atoms with Crippen LogP contribution in [0.4, 0.5) is 5.13 Å². The van der Waals surface area contributed by atoms with Crippen molar-refractivity contribution in [1.82, 2.24) is 20.0 Å². The molecule has 1 amide bonds. The SMILES string of the molecule is Cn1cc(CCC(=O)Nc2nncs2)cn1. The van der Waals surface area contributed by atoms with E-state index in [1.54, 1.807) is 16.4 Å². The van der Waals surface area contributed by atoms with Crippen molar-refractivity contribution in [2.45, 2.75) is 12.8 Å². The largest absolute Gasteiger partial charge is 0.301 e. The summed E-state index contributed by atoms with van der Waals surface area (Å²) in [4.78, 5) is 11.5. The number of anilines is 1. The van der Waals surface area contributed by atoms with Crippen LogP contribution in [0.3, 0.4) is 0 Å². The maximum atomic E-state index is 11.5. The van der Waals surface area contributed by atoms with E-state index in [0.717, 1.165) is 5.56 Å². The summed E-state index contributed by atoms with van der Waals surface area (Å²) in [6.45, 7) is 0. The Morgan fingerprint density at radius 2 is 2.50 bits per heavy atom. The molecule has 0 aliphatic carbocycles. The number of nitrogens with one attached hydrogen (secondary N) is 1. The minimum Gasteiger partial charge on any atom is -0.301 e. The number of carbonyl (C=O) groups is 1. The second-order valence-electron chi connectivity index (χ2n) is 3.31. The number of carbonyl (C=O) groups excluding carboxylic acids is 1. The first-order chi connectivity index (χ1) is 7.74. The van der Waals surface area contributed by atoms with Crippen LogP contribution in [-0.2, 0) is 18.3 Å². The van der Waals surface area contributed by atoms with Crippen LogP contribution in [-0.4, -0.2) is 25.9 Å². The van der Waals surface area contributed by atoms with E-state index in [1.165, 1.54) is 11.3 Å². The van der Waals surface area contributed by atoms with E-state index in [0.29, 0.717) is 18.0 Å². The van der Waals surface area contributed by atoms with Crippen molar-refractivity contribution in [2.75, 3.05) is 5.32 Å². The Kier molecular flexibility index (Phi) is 3.25. The molecule has 0 saturated heterocycles. The zero-order valence-corrected chi connectivity index (χ0v) is 9.57. The quantitative estimate of drug-likeness (QED) is 0.855. The van der Waals surface area contributed by atoms with E-state index in [1.807, 2.05) is 13.2 Å². The molecular formula is C9H11N5OS. The summed E-state index contributed by atoms with van der Waals surface area (Å²) < 4.78 is 1.72. The first-order valence-electron chi connectivity index (χ1n) is 4.77. The van der Waals surface area contributed by atoms with Crippen LogP contribution in [0.1, 0.15) is 12.0 Å². The molecule has 2 aromatic heterocycles. The molecule has 0 spiro atoms. The van der Waals surface area contributed by atoms with Crippen LogP contribution < -0.4 is 5.32 Å². The van der Waals surface area contributed by atoms with E-state index >= 15 is 0 Å². The lowest BCUT2D eigenvalue weighted by Gasteiger charge is -1.98. The van der Waals surface area contributed by atoms with E-state index in [2.05, 4.69) is 20.6 Å². The predicted molar refractivity (Wildman–Crippen MR) is 60.1 cm³/mol. The highest BCUT2D eigenvalue weighted by atomic mass is 32.1. The van der Waals surface area contributed by atoms with Crippen molar-refractivity contribution in [3.63, 3.8) is 0 Å². The summed E-state index contributed by atoms with van der Waals surface area (Å²) in [5, 5.41) is 14.6. The number of aryl methyl sites for hydroxylation is 2. The summed E-state index contributed by atoms with van der Waals surface area (Å²) in [6.07, 6.45) is 4.76. The van der Waals surface area contributed by atoms with Crippen molar-refractivity contribution in [3.05, 3.63) is 23.5 Å². The van der Waals surface area contributed by atoms with E-state index in [-0.39, 0.29) is 5.91 Å². The summed E-state index contributed by atoms with van der Waals surface area (Å²) >= 11 is 1.31. The molecule has 1 N–H and O–H groups in total. The maximum Gasteiger partial charge on any atom is 0.226 e. The molecule has 0 bridgehead atoms. The lowest BCUT2D eigenvalue weighted by atomic mass is 10.2. The Labute approximate surface area is 96.3 Å². The molecule has 7 heteroatoms. The number of hydrogen-bond donors (Lipinski definition) is 1. The van der Waals surface area contributed by atoms with Gasteiger partial charge in [-0.3, -0.25) is 9.48 Å². The molecule has 2 aromatic rings. The number of aromatic nitrogens is 4. The van der Waals surface area contributed by atoms with Gasteiger partial charge in [0.2, 0.25) is 11.0 Å². The topological polar surface area (TPSA) is 72.7 Å². The van der Waals surface area contributed by atoms with E-state index in [9.17, 15) is 4.79 Å². The molecule has 6 nitrogen and oxygen atoms in total. The fourth-order valence-electron chi connectivity index (χ4n) is 1.27. The Morgan fingerprint density at radius 3 is 3.12 bits per heavy atom. The van der Waals surface area contributed by atoms with Crippen LogP contribution in [0.5, 0.6) is 0 Å². The molecule has 0 radical (unpaired) electrons. The van der Waals surface area contributed by atoms with E-state index in [4.69, 9.17) is 0 Å². The van der Waals surface area contributed by atoms with Gasteiger partial charge in [0.25, 0.3) is 0 Å². The summed E-state index contributed by atoms with van der Waals surface area (Å²) in [7, 11) is 1.85. The molecule has 2 heterocycles. The van der Waals surface area contributed by atoms with Gasteiger partial charge >= 0.3 is 0 Å². The predicted octanol–water partition coefficient (Wildman–Crippen LogP) is 0.843. The van der Waals surface area contributed by atoms with Gasteiger partial charge in [-0.15, -0.1) is 10.2 Å².